The fourth-order valence-corrected chi connectivity index (χ4v) is 7.45. The van der Waals surface area contributed by atoms with Crippen LogP contribution in [0.25, 0.3) is 99.8 Å². The molecule has 0 bridgehead atoms. The summed E-state index contributed by atoms with van der Waals surface area (Å²) in [5.74, 6) is 1.56. The molecule has 0 aliphatic carbocycles. The zero-order chi connectivity index (χ0) is 35.3. The second-order valence-corrected chi connectivity index (χ2v) is 13.2. The van der Waals surface area contributed by atoms with Crippen LogP contribution in [0.2, 0.25) is 0 Å². The Hall–Kier alpha value is -7.11. The van der Waals surface area contributed by atoms with E-state index < -0.39 is 0 Å². The van der Waals surface area contributed by atoms with Crippen molar-refractivity contribution in [2.24, 2.45) is 0 Å². The van der Waals surface area contributed by atoms with Crippen LogP contribution in [-0.4, -0.2) is 19.9 Å². The number of pyridine rings is 1. The van der Waals surface area contributed by atoms with Crippen molar-refractivity contribution in [1.29, 1.82) is 0 Å². The molecule has 0 fully saturated rings. The topological polar surface area (TPSA) is 51.6 Å². The summed E-state index contributed by atoms with van der Waals surface area (Å²) in [5.41, 5.74) is 7.32. The fraction of sp³-hybridized carbons (Fsp3) is 0. The maximum absolute atomic E-state index is 14.2. The molecule has 0 unspecified atom stereocenters. The average Bonchev–Trinajstić information content (AvgIpc) is 3.24. The van der Waals surface area contributed by atoms with E-state index in [0.717, 1.165) is 76.9 Å². The van der Waals surface area contributed by atoms with Crippen molar-refractivity contribution >= 4 is 43.2 Å². The molecule has 0 N–H and O–H groups in total. The normalized spacial score (nSPS) is 11.5. The Morgan fingerprint density at radius 3 is 1.40 bits per heavy atom. The molecule has 2 aromatic heterocycles. The predicted molar refractivity (Wildman–Crippen MR) is 215 cm³/mol. The Kier molecular flexibility index (Phi) is 7.29. The van der Waals surface area contributed by atoms with E-state index in [-0.39, 0.29) is 5.82 Å². The molecule has 0 atom stereocenters. The largest absolute Gasteiger partial charge is 0.247 e. The minimum absolute atomic E-state index is 0.277. The third-order valence-corrected chi connectivity index (χ3v) is 9.94. The molecule has 248 valence electrons. The molecule has 10 rings (SSSR count). The van der Waals surface area contributed by atoms with Gasteiger partial charge in [-0.15, -0.1) is 0 Å². The van der Waals surface area contributed by atoms with Gasteiger partial charge in [0.25, 0.3) is 0 Å². The Morgan fingerprint density at radius 2 is 0.774 bits per heavy atom. The summed E-state index contributed by atoms with van der Waals surface area (Å²) in [7, 11) is 0. The third kappa shape index (κ3) is 5.38. The van der Waals surface area contributed by atoms with Crippen molar-refractivity contribution in [3.8, 4) is 56.5 Å². The molecule has 2 heterocycles. The van der Waals surface area contributed by atoms with Crippen LogP contribution in [-0.2, 0) is 0 Å². The molecule has 0 spiro atoms. The number of nitrogens with zero attached hydrogens (tertiary/aromatic N) is 4. The van der Waals surface area contributed by atoms with Gasteiger partial charge < -0.3 is 0 Å². The van der Waals surface area contributed by atoms with Gasteiger partial charge in [-0.05, 0) is 69.1 Å². The zero-order valence-corrected chi connectivity index (χ0v) is 28.4. The number of aromatic nitrogens is 4. The van der Waals surface area contributed by atoms with Crippen molar-refractivity contribution in [1.82, 2.24) is 19.9 Å². The first kappa shape index (κ1) is 30.7. The molecule has 5 heteroatoms. The quantitative estimate of drug-likeness (QED) is 0.170. The van der Waals surface area contributed by atoms with E-state index in [2.05, 4.69) is 78.9 Å². The molecule has 0 amide bonds. The van der Waals surface area contributed by atoms with Gasteiger partial charge in [-0.3, -0.25) is 0 Å². The number of benzene rings is 8. The van der Waals surface area contributed by atoms with E-state index in [1.807, 2.05) is 84.9 Å². The highest BCUT2D eigenvalue weighted by atomic mass is 19.1. The minimum Gasteiger partial charge on any atom is -0.247 e. The molecule has 10 aromatic rings. The molecule has 4 nitrogen and oxygen atoms in total. The van der Waals surface area contributed by atoms with Gasteiger partial charge in [0.15, 0.2) is 17.5 Å². The minimum atomic E-state index is -0.277. The van der Waals surface area contributed by atoms with Gasteiger partial charge in [0, 0.05) is 38.4 Å². The van der Waals surface area contributed by atoms with Crippen LogP contribution in [0.3, 0.4) is 0 Å². The number of hydrogen-bond acceptors (Lipinski definition) is 4. The maximum atomic E-state index is 14.2. The first-order chi connectivity index (χ1) is 26.2. The maximum Gasteiger partial charge on any atom is 0.164 e. The van der Waals surface area contributed by atoms with E-state index in [4.69, 9.17) is 19.9 Å². The van der Waals surface area contributed by atoms with Crippen molar-refractivity contribution in [2.45, 2.75) is 0 Å². The molecule has 0 saturated carbocycles. The monoisotopic (exact) mass is 680 g/mol. The highest BCUT2D eigenvalue weighted by Crippen LogP contribution is 2.43. The Morgan fingerprint density at radius 1 is 0.302 bits per heavy atom. The van der Waals surface area contributed by atoms with E-state index in [1.165, 1.54) is 17.5 Å². The standard InChI is InChI=1S/C48H29FN4/c49-36-25-22-30(23-26-36)45-44-40-21-10-8-19-38(40)37-18-7-9-20-39(37)43(44)41-27-24-34(29-42(41)50-45)33-16-11-17-35(28-33)48-52-46(31-12-3-1-4-13-31)51-47(53-48)32-14-5-2-6-15-32/h1-29H. The fourth-order valence-electron chi connectivity index (χ4n) is 7.45. The molecule has 0 radical (unpaired) electrons. The van der Waals surface area contributed by atoms with Crippen molar-refractivity contribution in [3.63, 3.8) is 0 Å². The van der Waals surface area contributed by atoms with Crippen LogP contribution < -0.4 is 0 Å². The predicted octanol–water partition coefficient (Wildman–Crippen LogP) is 12.4. The lowest BCUT2D eigenvalue weighted by atomic mass is 9.89. The summed E-state index contributed by atoms with van der Waals surface area (Å²) >= 11 is 0. The van der Waals surface area contributed by atoms with E-state index in [1.54, 1.807) is 0 Å². The summed E-state index contributed by atoms with van der Waals surface area (Å²) in [6, 6.07) is 58.5. The van der Waals surface area contributed by atoms with Crippen LogP contribution in [0, 0.1) is 5.82 Å². The summed E-state index contributed by atoms with van der Waals surface area (Å²) in [6.07, 6.45) is 0. The van der Waals surface area contributed by atoms with Crippen molar-refractivity contribution in [2.75, 3.05) is 0 Å². The second kappa shape index (κ2) is 12.6. The lowest BCUT2D eigenvalue weighted by Crippen LogP contribution is -2.00. The molecule has 0 aliphatic heterocycles. The zero-order valence-electron chi connectivity index (χ0n) is 28.4. The SMILES string of the molecule is Fc1ccc(-c2nc3cc(-c4cccc(-c5nc(-c6ccccc6)nc(-c6ccccc6)n5)c4)ccc3c3c4ccccc4c4ccccc4c23)cc1. The lowest BCUT2D eigenvalue weighted by molar-refractivity contribution is 0.628. The van der Waals surface area contributed by atoms with Gasteiger partial charge in [0.1, 0.15) is 5.82 Å². The van der Waals surface area contributed by atoms with Crippen LogP contribution >= 0.6 is 0 Å². The summed E-state index contributed by atoms with van der Waals surface area (Å²) in [5, 5.41) is 7.89. The molecule has 0 saturated heterocycles. The van der Waals surface area contributed by atoms with Gasteiger partial charge in [-0.1, -0.05) is 140 Å². The first-order valence-electron chi connectivity index (χ1n) is 17.6. The van der Waals surface area contributed by atoms with E-state index in [9.17, 15) is 4.39 Å². The van der Waals surface area contributed by atoms with Crippen molar-refractivity contribution in [3.05, 3.63) is 182 Å². The Bertz CT molecular complexity index is 2940. The summed E-state index contributed by atoms with van der Waals surface area (Å²) in [6.45, 7) is 0. The molecular weight excluding hydrogens is 652 g/mol. The van der Waals surface area contributed by atoms with E-state index >= 15 is 0 Å². The summed E-state index contributed by atoms with van der Waals surface area (Å²) < 4.78 is 14.2. The number of halogens is 1. The molecular formula is C48H29FN4. The van der Waals surface area contributed by atoms with Crippen LogP contribution in [0.15, 0.2) is 176 Å². The average molecular weight is 681 g/mol. The number of fused-ring (bicyclic) bond motifs is 8. The number of hydrogen-bond donors (Lipinski definition) is 0. The van der Waals surface area contributed by atoms with Gasteiger partial charge in [-0.25, -0.2) is 24.3 Å². The van der Waals surface area contributed by atoms with Gasteiger partial charge in [-0.2, -0.15) is 0 Å². The summed E-state index contributed by atoms with van der Waals surface area (Å²) in [4.78, 5) is 20.2. The highest BCUT2D eigenvalue weighted by Gasteiger charge is 2.19. The first-order valence-corrected chi connectivity index (χ1v) is 17.6. The van der Waals surface area contributed by atoms with E-state index in [0.29, 0.717) is 17.5 Å². The van der Waals surface area contributed by atoms with Crippen molar-refractivity contribution < 1.29 is 4.39 Å². The number of rotatable bonds is 5. The molecule has 0 aliphatic rings. The van der Waals surface area contributed by atoms with Gasteiger partial charge >= 0.3 is 0 Å². The Balaban J connectivity index is 1.18. The van der Waals surface area contributed by atoms with Gasteiger partial charge in [0.2, 0.25) is 0 Å². The van der Waals surface area contributed by atoms with Crippen LogP contribution in [0.5, 0.6) is 0 Å². The third-order valence-electron chi connectivity index (χ3n) is 9.94. The molecule has 8 aromatic carbocycles. The smallest absolute Gasteiger partial charge is 0.164 e. The van der Waals surface area contributed by atoms with Crippen LogP contribution in [0.1, 0.15) is 0 Å². The second-order valence-electron chi connectivity index (χ2n) is 13.2. The van der Waals surface area contributed by atoms with Crippen LogP contribution in [0.4, 0.5) is 4.39 Å². The highest BCUT2D eigenvalue weighted by molar-refractivity contribution is 6.33. The lowest BCUT2D eigenvalue weighted by Gasteiger charge is -2.17. The van der Waals surface area contributed by atoms with Gasteiger partial charge in [0.05, 0.1) is 11.2 Å². The molecule has 53 heavy (non-hydrogen) atoms. The Labute approximate surface area is 304 Å².